The van der Waals surface area contributed by atoms with Crippen molar-refractivity contribution in [2.75, 3.05) is 26.3 Å². The molecule has 154 valence electrons. The van der Waals surface area contributed by atoms with Gasteiger partial charge in [-0.15, -0.1) is 11.3 Å². The monoisotopic (exact) mass is 446 g/mol. The number of aromatic nitrogens is 2. The van der Waals surface area contributed by atoms with E-state index in [-0.39, 0.29) is 30.3 Å². The Hall–Kier alpha value is -1.01. The van der Waals surface area contributed by atoms with Crippen LogP contribution in [0.25, 0.3) is 0 Å². The van der Waals surface area contributed by atoms with Crippen molar-refractivity contribution < 1.29 is 17.9 Å². The van der Waals surface area contributed by atoms with E-state index in [4.69, 9.17) is 21.1 Å². The van der Waals surface area contributed by atoms with Crippen LogP contribution in [0.5, 0.6) is 0 Å². The van der Waals surface area contributed by atoms with Crippen LogP contribution in [0, 0.1) is 6.92 Å². The van der Waals surface area contributed by atoms with Gasteiger partial charge in [-0.1, -0.05) is 11.6 Å². The number of sulfonamides is 1. The van der Waals surface area contributed by atoms with Crippen LogP contribution in [0.2, 0.25) is 4.34 Å². The van der Waals surface area contributed by atoms with Crippen LogP contribution in [0.15, 0.2) is 23.2 Å². The van der Waals surface area contributed by atoms with E-state index >= 15 is 0 Å². The molecule has 0 saturated carbocycles. The molecule has 2 aromatic heterocycles. The number of nitrogens with one attached hydrogen (secondary N) is 1. The van der Waals surface area contributed by atoms with Gasteiger partial charge in [0, 0.05) is 31.6 Å². The summed E-state index contributed by atoms with van der Waals surface area (Å²) in [6.07, 6.45) is 1.23. The molecule has 0 unspecified atom stereocenters. The van der Waals surface area contributed by atoms with Gasteiger partial charge in [-0.3, -0.25) is 9.58 Å². The highest BCUT2D eigenvalue weighted by Crippen LogP contribution is 2.26. The molecule has 8 nitrogen and oxygen atoms in total. The largest absolute Gasteiger partial charge is 0.372 e. The van der Waals surface area contributed by atoms with Gasteiger partial charge in [-0.05, 0) is 19.1 Å². The fraction of sp³-hybridized carbons (Fsp3) is 0.588. The SMILES string of the molecule is Cc1c(S(=O)(=O)NC2CO[C@H]3CN(Cc4ccc(Cl)s4)C[C@@H]3OC2)cnn1C. The molecule has 0 radical (unpaired) electrons. The average molecular weight is 447 g/mol. The number of hydrogen-bond donors (Lipinski definition) is 1. The fourth-order valence-electron chi connectivity index (χ4n) is 3.55. The van der Waals surface area contributed by atoms with Gasteiger partial charge >= 0.3 is 0 Å². The number of thiophene rings is 1. The Morgan fingerprint density at radius 3 is 2.50 bits per heavy atom. The number of aryl methyl sites for hydroxylation is 1. The minimum Gasteiger partial charge on any atom is -0.372 e. The molecule has 0 bridgehead atoms. The Labute approximate surface area is 173 Å². The summed E-state index contributed by atoms with van der Waals surface area (Å²) in [5.41, 5.74) is 0.587. The lowest BCUT2D eigenvalue weighted by molar-refractivity contribution is -0.00461. The van der Waals surface area contributed by atoms with Crippen molar-refractivity contribution in [1.29, 1.82) is 0 Å². The second-order valence-electron chi connectivity index (χ2n) is 7.18. The zero-order valence-corrected chi connectivity index (χ0v) is 18.1. The molecule has 11 heteroatoms. The summed E-state index contributed by atoms with van der Waals surface area (Å²) in [6, 6.07) is 3.51. The second kappa shape index (κ2) is 8.02. The minimum atomic E-state index is -3.67. The molecule has 0 amide bonds. The maximum atomic E-state index is 12.7. The van der Waals surface area contributed by atoms with E-state index in [1.807, 2.05) is 12.1 Å². The zero-order valence-electron chi connectivity index (χ0n) is 15.7. The summed E-state index contributed by atoms with van der Waals surface area (Å²) in [4.78, 5) is 3.67. The first-order chi connectivity index (χ1) is 13.3. The predicted octanol–water partition coefficient (Wildman–Crippen LogP) is 1.39. The van der Waals surface area contributed by atoms with Crippen LogP contribution in [0.1, 0.15) is 10.6 Å². The third-order valence-corrected chi connectivity index (χ3v) is 7.96. The molecular weight excluding hydrogens is 424 g/mol. The smallest absolute Gasteiger partial charge is 0.244 e. The summed E-state index contributed by atoms with van der Waals surface area (Å²) in [5.74, 6) is 0. The van der Waals surface area contributed by atoms with E-state index in [2.05, 4.69) is 14.7 Å². The molecule has 0 aromatic carbocycles. The molecule has 2 aliphatic rings. The van der Waals surface area contributed by atoms with Crippen molar-refractivity contribution in [2.45, 2.75) is 36.6 Å². The number of ether oxygens (including phenoxy) is 2. The lowest BCUT2D eigenvalue weighted by atomic mass is 10.3. The highest BCUT2D eigenvalue weighted by Gasteiger charge is 2.38. The summed E-state index contributed by atoms with van der Waals surface area (Å²) in [5, 5.41) is 4.01. The first-order valence-corrected chi connectivity index (χ1v) is 11.7. The number of nitrogens with zero attached hydrogens (tertiary/aromatic N) is 3. The molecule has 4 rings (SSSR count). The third kappa shape index (κ3) is 4.28. The van der Waals surface area contributed by atoms with Crippen LogP contribution in [0.3, 0.4) is 0 Å². The van der Waals surface area contributed by atoms with Crippen molar-refractivity contribution in [3.8, 4) is 0 Å². The average Bonchev–Trinajstić information content (AvgIpc) is 3.28. The van der Waals surface area contributed by atoms with E-state index in [0.717, 1.165) is 24.0 Å². The maximum absolute atomic E-state index is 12.7. The van der Waals surface area contributed by atoms with Gasteiger partial charge in [-0.2, -0.15) is 5.10 Å². The van der Waals surface area contributed by atoms with Crippen molar-refractivity contribution in [2.24, 2.45) is 7.05 Å². The van der Waals surface area contributed by atoms with Crippen LogP contribution in [0.4, 0.5) is 0 Å². The Balaban J connectivity index is 1.34. The minimum absolute atomic E-state index is 0.0648. The van der Waals surface area contributed by atoms with Gasteiger partial charge in [0.1, 0.15) is 4.90 Å². The lowest BCUT2D eigenvalue weighted by Crippen LogP contribution is -2.41. The van der Waals surface area contributed by atoms with Gasteiger partial charge < -0.3 is 9.47 Å². The second-order valence-corrected chi connectivity index (χ2v) is 10.7. The van der Waals surface area contributed by atoms with Crippen LogP contribution in [-0.2, 0) is 33.1 Å². The summed E-state index contributed by atoms with van der Waals surface area (Å²) >= 11 is 7.58. The molecule has 2 aliphatic heterocycles. The molecular formula is C17H23ClN4O4S2. The fourth-order valence-corrected chi connectivity index (χ4v) is 6.08. The predicted molar refractivity (Wildman–Crippen MR) is 106 cm³/mol. The zero-order chi connectivity index (χ0) is 19.9. The van der Waals surface area contributed by atoms with Crippen LogP contribution < -0.4 is 4.72 Å². The third-order valence-electron chi connectivity index (χ3n) is 5.12. The van der Waals surface area contributed by atoms with Crippen molar-refractivity contribution in [3.05, 3.63) is 33.2 Å². The van der Waals surface area contributed by atoms with Gasteiger partial charge in [0.25, 0.3) is 0 Å². The number of hydrogen-bond acceptors (Lipinski definition) is 7. The number of halogens is 1. The van der Waals surface area contributed by atoms with Crippen LogP contribution >= 0.6 is 22.9 Å². The first-order valence-electron chi connectivity index (χ1n) is 9.02. The first kappa shape index (κ1) is 20.3. The molecule has 2 atom stereocenters. The normalized spacial score (nSPS) is 24.4. The Kier molecular flexibility index (Phi) is 5.81. The number of fused-ring (bicyclic) bond motifs is 1. The number of rotatable bonds is 5. The van der Waals surface area contributed by atoms with Crippen molar-refractivity contribution >= 4 is 33.0 Å². The van der Waals surface area contributed by atoms with Crippen LogP contribution in [-0.4, -0.2) is 67.7 Å². The highest BCUT2D eigenvalue weighted by molar-refractivity contribution is 7.89. The summed E-state index contributed by atoms with van der Waals surface area (Å²) in [6.45, 7) is 4.59. The van der Waals surface area contributed by atoms with Crippen molar-refractivity contribution in [1.82, 2.24) is 19.4 Å². The molecule has 0 spiro atoms. The highest BCUT2D eigenvalue weighted by atomic mass is 35.5. The molecule has 0 aliphatic carbocycles. The van der Waals surface area contributed by atoms with E-state index in [1.165, 1.54) is 15.8 Å². The van der Waals surface area contributed by atoms with E-state index < -0.39 is 16.1 Å². The topological polar surface area (TPSA) is 85.7 Å². The molecule has 28 heavy (non-hydrogen) atoms. The van der Waals surface area contributed by atoms with E-state index in [0.29, 0.717) is 5.69 Å². The van der Waals surface area contributed by atoms with E-state index in [9.17, 15) is 8.42 Å². The van der Waals surface area contributed by atoms with Gasteiger partial charge in [0.2, 0.25) is 10.0 Å². The molecule has 2 aromatic rings. The van der Waals surface area contributed by atoms with E-state index in [1.54, 1.807) is 25.3 Å². The lowest BCUT2D eigenvalue weighted by Gasteiger charge is -2.18. The Morgan fingerprint density at radius 1 is 1.29 bits per heavy atom. The molecule has 4 heterocycles. The molecule has 2 fully saturated rings. The van der Waals surface area contributed by atoms with Gasteiger partial charge in [0.15, 0.2) is 0 Å². The molecule has 2 saturated heterocycles. The quantitative estimate of drug-likeness (QED) is 0.747. The van der Waals surface area contributed by atoms with Crippen molar-refractivity contribution in [3.63, 3.8) is 0 Å². The molecule has 1 N–H and O–H groups in total. The standard InChI is InChI=1S/C17H23ClN4O4S2/c1-11-16(5-19-21(11)2)28(23,24)20-12-9-25-14-7-22(8-15(14)26-10-12)6-13-3-4-17(18)27-13/h3-5,12,14-15,20H,6-10H2,1-2H3/t14-,15-/m0/s1. The van der Waals surface area contributed by atoms with Gasteiger partial charge in [-0.25, -0.2) is 13.1 Å². The summed E-state index contributed by atoms with van der Waals surface area (Å²) in [7, 11) is -1.96. The Bertz CT molecular complexity index is 929. The summed E-state index contributed by atoms with van der Waals surface area (Å²) < 4.78 is 42.3. The van der Waals surface area contributed by atoms with Gasteiger partial charge in [0.05, 0.1) is 47.7 Å². The Morgan fingerprint density at radius 2 is 1.96 bits per heavy atom. The maximum Gasteiger partial charge on any atom is 0.244 e. The number of likely N-dealkylation sites (tertiary alicyclic amines) is 1.